The van der Waals surface area contributed by atoms with E-state index in [2.05, 4.69) is 10.6 Å². The van der Waals surface area contributed by atoms with Crippen LogP contribution in [0.4, 0.5) is 14.9 Å². The fourth-order valence-electron chi connectivity index (χ4n) is 5.42. The number of halogens is 3. The van der Waals surface area contributed by atoms with Gasteiger partial charge in [-0.3, -0.25) is 4.79 Å². The molecule has 0 bridgehead atoms. The number of hydrogen-bond acceptors (Lipinski definition) is 2. The molecule has 5 rings (SSSR count). The van der Waals surface area contributed by atoms with Crippen LogP contribution in [0.5, 0.6) is 0 Å². The molecule has 8 heteroatoms. The molecule has 2 N–H and O–H groups in total. The van der Waals surface area contributed by atoms with E-state index in [1.807, 2.05) is 48.5 Å². The summed E-state index contributed by atoms with van der Waals surface area (Å²) in [5.74, 6) is -1.79. The molecule has 0 aromatic heterocycles. The Morgan fingerprint density at radius 3 is 2.25 bits per heavy atom. The zero-order valence-corrected chi connectivity index (χ0v) is 23.1. The van der Waals surface area contributed by atoms with E-state index in [9.17, 15) is 14.0 Å². The van der Waals surface area contributed by atoms with Crippen molar-refractivity contribution in [2.45, 2.75) is 24.9 Å². The lowest BCUT2D eigenvalue weighted by Gasteiger charge is -2.45. The van der Waals surface area contributed by atoms with Crippen molar-refractivity contribution in [1.29, 1.82) is 0 Å². The van der Waals surface area contributed by atoms with Crippen molar-refractivity contribution in [2.75, 3.05) is 11.9 Å². The monoisotopic (exact) mass is 575 g/mol. The van der Waals surface area contributed by atoms with Crippen molar-refractivity contribution in [3.05, 3.63) is 136 Å². The SMILES string of the molecule is O=C(Nc1cccc(Cl)c1)[C@@H]1[C@@H](c2cccc(F)c2)N(C(=O)NCc2ccccc2)CC[C@H]1c1cccc(Cl)c1. The number of piperidine rings is 1. The lowest BCUT2D eigenvalue weighted by Crippen LogP contribution is -2.52. The van der Waals surface area contributed by atoms with Crippen molar-refractivity contribution < 1.29 is 14.0 Å². The lowest BCUT2D eigenvalue weighted by atomic mass is 9.73. The van der Waals surface area contributed by atoms with Crippen LogP contribution in [0.25, 0.3) is 0 Å². The molecule has 0 spiro atoms. The second kappa shape index (κ2) is 12.5. The highest BCUT2D eigenvalue weighted by atomic mass is 35.5. The third-order valence-corrected chi connectivity index (χ3v) is 7.67. The number of rotatable bonds is 6. The topological polar surface area (TPSA) is 61.4 Å². The number of benzene rings is 4. The van der Waals surface area contributed by atoms with Gasteiger partial charge in [-0.2, -0.15) is 0 Å². The molecular formula is C32H28Cl2FN3O2. The quantitative estimate of drug-likeness (QED) is 0.246. The van der Waals surface area contributed by atoms with Gasteiger partial charge in [-0.15, -0.1) is 0 Å². The first-order valence-electron chi connectivity index (χ1n) is 13.0. The summed E-state index contributed by atoms with van der Waals surface area (Å²) in [4.78, 5) is 29.4. The summed E-state index contributed by atoms with van der Waals surface area (Å²) in [6.07, 6.45) is 0.512. The molecule has 40 heavy (non-hydrogen) atoms. The molecule has 1 fully saturated rings. The number of carbonyl (C=O) groups is 2. The van der Waals surface area contributed by atoms with Gasteiger partial charge in [0.2, 0.25) is 5.91 Å². The van der Waals surface area contributed by atoms with Gasteiger partial charge in [-0.25, -0.2) is 9.18 Å². The lowest BCUT2D eigenvalue weighted by molar-refractivity contribution is -0.124. The van der Waals surface area contributed by atoms with Gasteiger partial charge in [0, 0.05) is 28.8 Å². The predicted octanol–water partition coefficient (Wildman–Crippen LogP) is 7.83. The minimum Gasteiger partial charge on any atom is -0.334 e. The summed E-state index contributed by atoms with van der Waals surface area (Å²) in [5.41, 5.74) is 2.89. The normalized spacial score (nSPS) is 18.7. The Labute approximate surface area is 242 Å². The van der Waals surface area contributed by atoms with Crippen LogP contribution in [0.15, 0.2) is 103 Å². The number of nitrogens with zero attached hydrogens (tertiary/aromatic N) is 1. The van der Waals surface area contributed by atoms with E-state index in [-0.39, 0.29) is 17.9 Å². The van der Waals surface area contributed by atoms with Gasteiger partial charge >= 0.3 is 6.03 Å². The van der Waals surface area contributed by atoms with Gasteiger partial charge in [0.15, 0.2) is 0 Å². The molecule has 0 radical (unpaired) electrons. The van der Waals surface area contributed by atoms with Crippen LogP contribution in [-0.2, 0) is 11.3 Å². The van der Waals surface area contributed by atoms with Gasteiger partial charge in [0.1, 0.15) is 5.82 Å². The molecule has 1 aliphatic heterocycles. The maximum atomic E-state index is 14.6. The molecule has 0 unspecified atom stereocenters. The van der Waals surface area contributed by atoms with E-state index >= 15 is 0 Å². The van der Waals surface area contributed by atoms with E-state index in [1.165, 1.54) is 12.1 Å². The molecule has 4 aromatic carbocycles. The van der Waals surface area contributed by atoms with E-state index in [4.69, 9.17) is 23.2 Å². The molecule has 4 aromatic rings. The maximum absolute atomic E-state index is 14.6. The first kappa shape index (κ1) is 27.7. The summed E-state index contributed by atoms with van der Waals surface area (Å²) in [7, 11) is 0. The summed E-state index contributed by atoms with van der Waals surface area (Å²) < 4.78 is 14.6. The fourth-order valence-corrected chi connectivity index (χ4v) is 5.81. The Morgan fingerprint density at radius 1 is 0.825 bits per heavy atom. The Morgan fingerprint density at radius 2 is 1.52 bits per heavy atom. The minimum absolute atomic E-state index is 0.288. The zero-order valence-electron chi connectivity index (χ0n) is 21.6. The molecule has 204 valence electrons. The number of urea groups is 1. The van der Waals surface area contributed by atoms with Crippen molar-refractivity contribution in [1.82, 2.24) is 10.2 Å². The molecule has 3 amide bonds. The summed E-state index contributed by atoms with van der Waals surface area (Å²) in [6, 6.07) is 28.9. The molecule has 3 atom stereocenters. The molecule has 1 saturated heterocycles. The third kappa shape index (κ3) is 6.46. The van der Waals surface area contributed by atoms with Crippen LogP contribution in [-0.4, -0.2) is 23.4 Å². The standard InChI is InChI=1S/C32H28Cl2FN3O2/c33-24-11-4-9-22(17-24)28-15-16-38(32(40)36-20-21-7-2-1-3-8-21)30(23-10-5-13-26(35)18-23)29(28)31(39)37-27-14-6-12-25(34)19-27/h1-14,17-19,28-30H,15-16,20H2,(H,36,40)(H,37,39)/t28-,29-,30+/m0/s1. The maximum Gasteiger partial charge on any atom is 0.318 e. The Bertz CT molecular complexity index is 1500. The largest absolute Gasteiger partial charge is 0.334 e. The molecular weight excluding hydrogens is 548 g/mol. The van der Waals surface area contributed by atoms with E-state index in [0.29, 0.717) is 40.8 Å². The molecule has 1 aliphatic rings. The van der Waals surface area contributed by atoms with Crippen molar-refractivity contribution >= 4 is 40.8 Å². The molecule has 1 heterocycles. The van der Waals surface area contributed by atoms with Gasteiger partial charge < -0.3 is 15.5 Å². The van der Waals surface area contributed by atoms with Gasteiger partial charge in [-0.1, -0.05) is 83.9 Å². The zero-order chi connectivity index (χ0) is 28.1. The highest BCUT2D eigenvalue weighted by Gasteiger charge is 2.45. The minimum atomic E-state index is -0.754. The second-order valence-electron chi connectivity index (χ2n) is 9.81. The van der Waals surface area contributed by atoms with Gasteiger partial charge in [0.25, 0.3) is 0 Å². The van der Waals surface area contributed by atoms with Crippen LogP contribution >= 0.6 is 23.2 Å². The summed E-state index contributed by atoms with van der Waals surface area (Å²) in [5, 5.41) is 7.01. The van der Waals surface area contributed by atoms with Crippen molar-refractivity contribution in [3.63, 3.8) is 0 Å². The highest BCUT2D eigenvalue weighted by Crippen LogP contribution is 2.45. The predicted molar refractivity (Wildman–Crippen MR) is 157 cm³/mol. The van der Waals surface area contributed by atoms with Crippen LogP contribution in [0, 0.1) is 11.7 Å². The molecule has 5 nitrogen and oxygen atoms in total. The fraction of sp³-hybridized carbons (Fsp3) is 0.188. The first-order valence-corrected chi connectivity index (χ1v) is 13.8. The van der Waals surface area contributed by atoms with Crippen molar-refractivity contribution in [3.8, 4) is 0 Å². The molecule has 0 aliphatic carbocycles. The Hall–Kier alpha value is -3.87. The van der Waals surface area contributed by atoms with E-state index in [0.717, 1.165) is 11.1 Å². The number of nitrogens with one attached hydrogen (secondary N) is 2. The number of anilines is 1. The number of carbonyl (C=O) groups excluding carboxylic acids is 2. The summed E-state index contributed by atoms with van der Waals surface area (Å²) in [6.45, 7) is 0.684. The number of hydrogen-bond donors (Lipinski definition) is 2. The molecule has 0 saturated carbocycles. The summed E-state index contributed by atoms with van der Waals surface area (Å²) >= 11 is 12.5. The number of amides is 3. The van der Waals surface area contributed by atoms with Crippen LogP contribution in [0.3, 0.4) is 0 Å². The van der Waals surface area contributed by atoms with E-state index in [1.54, 1.807) is 47.4 Å². The van der Waals surface area contributed by atoms with Gasteiger partial charge in [-0.05, 0) is 71.5 Å². The highest BCUT2D eigenvalue weighted by molar-refractivity contribution is 6.31. The first-order chi connectivity index (χ1) is 19.4. The van der Waals surface area contributed by atoms with Crippen molar-refractivity contribution in [2.24, 2.45) is 5.92 Å². The average molecular weight is 576 g/mol. The van der Waals surface area contributed by atoms with Crippen LogP contribution in [0.1, 0.15) is 35.1 Å². The smallest absolute Gasteiger partial charge is 0.318 e. The van der Waals surface area contributed by atoms with E-state index < -0.39 is 17.8 Å². The number of likely N-dealkylation sites (tertiary alicyclic amines) is 1. The van der Waals surface area contributed by atoms with Crippen LogP contribution in [0.2, 0.25) is 10.0 Å². The Kier molecular flexibility index (Phi) is 8.68. The average Bonchev–Trinajstić information content (AvgIpc) is 2.95. The van der Waals surface area contributed by atoms with Gasteiger partial charge in [0.05, 0.1) is 12.0 Å². The Balaban J connectivity index is 1.55. The second-order valence-corrected chi connectivity index (χ2v) is 10.7. The third-order valence-electron chi connectivity index (χ3n) is 7.20. The van der Waals surface area contributed by atoms with Crippen LogP contribution < -0.4 is 10.6 Å².